The molecular formula is C21H37N. The maximum atomic E-state index is 9.91. The molecule has 0 amide bonds. The summed E-state index contributed by atoms with van der Waals surface area (Å²) in [5, 5.41) is 9.91. The highest BCUT2D eigenvalue weighted by Crippen LogP contribution is 2.50. The summed E-state index contributed by atoms with van der Waals surface area (Å²) in [6.45, 7) is 4.59. The third kappa shape index (κ3) is 4.50. The molecule has 22 heavy (non-hydrogen) atoms. The lowest BCUT2D eigenvalue weighted by Crippen LogP contribution is -2.36. The van der Waals surface area contributed by atoms with Crippen LogP contribution in [0.15, 0.2) is 0 Å². The first-order valence-electron chi connectivity index (χ1n) is 10.1. The molecule has 0 aromatic heterocycles. The fourth-order valence-electron chi connectivity index (χ4n) is 5.08. The Kier molecular flexibility index (Phi) is 7.26. The minimum Gasteiger partial charge on any atom is -0.198 e. The first-order valence-corrected chi connectivity index (χ1v) is 10.1. The van der Waals surface area contributed by atoms with Crippen LogP contribution in [0.25, 0.3) is 0 Å². The lowest BCUT2D eigenvalue weighted by molar-refractivity contribution is 0.0844. The van der Waals surface area contributed by atoms with Crippen LogP contribution in [-0.2, 0) is 0 Å². The molecule has 0 saturated heterocycles. The first-order chi connectivity index (χ1) is 10.7. The van der Waals surface area contributed by atoms with Gasteiger partial charge in [-0.2, -0.15) is 5.26 Å². The Hall–Kier alpha value is -0.510. The van der Waals surface area contributed by atoms with E-state index in [0.29, 0.717) is 5.92 Å². The molecule has 0 N–H and O–H groups in total. The molecule has 2 saturated carbocycles. The Labute approximate surface area is 138 Å². The van der Waals surface area contributed by atoms with E-state index in [-0.39, 0.29) is 5.41 Å². The fourth-order valence-corrected chi connectivity index (χ4v) is 5.08. The number of rotatable bonds is 7. The molecule has 2 fully saturated rings. The molecule has 2 aliphatic rings. The van der Waals surface area contributed by atoms with Crippen molar-refractivity contribution < 1.29 is 0 Å². The average molecular weight is 304 g/mol. The van der Waals surface area contributed by atoms with Gasteiger partial charge < -0.3 is 0 Å². The number of unbranched alkanes of at least 4 members (excludes halogenated alkanes) is 2. The molecule has 0 unspecified atom stereocenters. The molecule has 0 aromatic carbocycles. The van der Waals surface area contributed by atoms with Gasteiger partial charge in [-0.05, 0) is 56.3 Å². The van der Waals surface area contributed by atoms with Gasteiger partial charge in [0.15, 0.2) is 0 Å². The zero-order chi connectivity index (χ0) is 15.8. The van der Waals surface area contributed by atoms with Gasteiger partial charge >= 0.3 is 0 Å². The second-order valence-electron chi connectivity index (χ2n) is 8.21. The van der Waals surface area contributed by atoms with Crippen molar-refractivity contribution >= 4 is 0 Å². The summed E-state index contributed by atoms with van der Waals surface area (Å²) in [6, 6.07) is 2.82. The topological polar surface area (TPSA) is 23.8 Å². The molecule has 0 aliphatic heterocycles. The Bertz CT molecular complexity index is 337. The Morgan fingerprint density at radius 2 is 1.32 bits per heavy atom. The maximum Gasteiger partial charge on any atom is 0.0692 e. The predicted octanol–water partition coefficient (Wildman–Crippen LogP) is 6.87. The normalized spacial score (nSPS) is 36.0. The number of hydrogen-bond donors (Lipinski definition) is 0. The Morgan fingerprint density at radius 1 is 0.818 bits per heavy atom. The maximum absolute atomic E-state index is 9.91. The highest BCUT2D eigenvalue weighted by atomic mass is 14.5. The van der Waals surface area contributed by atoms with Crippen LogP contribution in [0, 0.1) is 34.5 Å². The zero-order valence-corrected chi connectivity index (χ0v) is 15.1. The van der Waals surface area contributed by atoms with Crippen molar-refractivity contribution in [2.24, 2.45) is 23.2 Å². The van der Waals surface area contributed by atoms with Gasteiger partial charge in [-0.15, -0.1) is 0 Å². The number of hydrogen-bond acceptors (Lipinski definition) is 1. The minimum absolute atomic E-state index is 0.0540. The summed E-state index contributed by atoms with van der Waals surface area (Å²) in [7, 11) is 0. The molecule has 1 heteroatoms. The molecule has 2 aliphatic carbocycles. The number of nitriles is 1. The van der Waals surface area contributed by atoms with Gasteiger partial charge in [-0.25, -0.2) is 0 Å². The van der Waals surface area contributed by atoms with Crippen molar-refractivity contribution in [2.75, 3.05) is 0 Å². The fraction of sp³-hybridized carbons (Fsp3) is 0.952. The van der Waals surface area contributed by atoms with E-state index in [4.69, 9.17) is 0 Å². The van der Waals surface area contributed by atoms with E-state index in [1.807, 2.05) is 0 Å². The predicted molar refractivity (Wildman–Crippen MR) is 94.5 cm³/mol. The van der Waals surface area contributed by atoms with Crippen LogP contribution in [0.2, 0.25) is 0 Å². The summed E-state index contributed by atoms with van der Waals surface area (Å²) < 4.78 is 0. The van der Waals surface area contributed by atoms with Crippen LogP contribution < -0.4 is 0 Å². The third-order valence-electron chi connectivity index (χ3n) is 6.78. The van der Waals surface area contributed by atoms with Gasteiger partial charge in [0, 0.05) is 0 Å². The van der Waals surface area contributed by atoms with Crippen molar-refractivity contribution in [1.82, 2.24) is 0 Å². The van der Waals surface area contributed by atoms with Gasteiger partial charge in [0.2, 0.25) is 0 Å². The van der Waals surface area contributed by atoms with Crippen LogP contribution >= 0.6 is 0 Å². The van der Waals surface area contributed by atoms with Gasteiger partial charge in [0.05, 0.1) is 11.5 Å². The van der Waals surface area contributed by atoms with E-state index < -0.39 is 0 Å². The number of nitrogens with zero attached hydrogens (tertiary/aromatic N) is 1. The van der Waals surface area contributed by atoms with E-state index in [2.05, 4.69) is 19.9 Å². The van der Waals surface area contributed by atoms with Crippen molar-refractivity contribution in [3.8, 4) is 6.07 Å². The standard InChI is InChI=1S/C21H37N/c1-3-5-7-18-9-11-20(12-10-18)21(17-22)15-13-19(14-16-21)8-6-4-2/h18-20H,3-16H2,1-2H3/t18?,19-,20?,21-. The van der Waals surface area contributed by atoms with E-state index in [0.717, 1.165) is 11.8 Å². The molecule has 0 aromatic rings. The zero-order valence-electron chi connectivity index (χ0n) is 15.1. The van der Waals surface area contributed by atoms with Crippen LogP contribution in [0.3, 0.4) is 0 Å². The molecule has 126 valence electrons. The van der Waals surface area contributed by atoms with Gasteiger partial charge in [0.1, 0.15) is 0 Å². The van der Waals surface area contributed by atoms with Crippen molar-refractivity contribution in [3.05, 3.63) is 0 Å². The largest absolute Gasteiger partial charge is 0.198 e. The average Bonchev–Trinajstić information content (AvgIpc) is 2.59. The van der Waals surface area contributed by atoms with Gasteiger partial charge in [-0.1, -0.05) is 65.2 Å². The van der Waals surface area contributed by atoms with Gasteiger partial charge in [-0.3, -0.25) is 0 Å². The Balaban J connectivity index is 1.82. The smallest absolute Gasteiger partial charge is 0.0692 e. The van der Waals surface area contributed by atoms with Crippen LogP contribution in [0.5, 0.6) is 0 Å². The van der Waals surface area contributed by atoms with Crippen LogP contribution in [0.4, 0.5) is 0 Å². The van der Waals surface area contributed by atoms with Crippen molar-refractivity contribution in [1.29, 1.82) is 5.26 Å². The van der Waals surface area contributed by atoms with Crippen molar-refractivity contribution in [3.63, 3.8) is 0 Å². The monoisotopic (exact) mass is 303 g/mol. The van der Waals surface area contributed by atoms with E-state index in [9.17, 15) is 5.26 Å². The lowest BCUT2D eigenvalue weighted by Gasteiger charge is -2.43. The highest BCUT2D eigenvalue weighted by molar-refractivity contribution is 5.06. The van der Waals surface area contributed by atoms with Crippen LogP contribution in [-0.4, -0.2) is 0 Å². The molecule has 0 spiro atoms. The summed E-state index contributed by atoms with van der Waals surface area (Å²) in [5.74, 6) is 2.60. The second-order valence-corrected chi connectivity index (χ2v) is 8.21. The van der Waals surface area contributed by atoms with E-state index in [1.54, 1.807) is 0 Å². The molecule has 0 bridgehead atoms. The molecule has 0 heterocycles. The third-order valence-corrected chi connectivity index (χ3v) is 6.78. The molecule has 0 atom stereocenters. The minimum atomic E-state index is 0.0540. The highest BCUT2D eigenvalue weighted by Gasteiger charge is 2.43. The Morgan fingerprint density at radius 3 is 1.77 bits per heavy atom. The van der Waals surface area contributed by atoms with E-state index >= 15 is 0 Å². The summed E-state index contributed by atoms with van der Waals surface area (Å²) in [6.07, 6.45) is 18.8. The summed E-state index contributed by atoms with van der Waals surface area (Å²) in [4.78, 5) is 0. The SMILES string of the molecule is CCCCC1CCC([C@]2(C#N)CC[C@@H](CCCC)CC2)CC1. The second kappa shape index (κ2) is 8.95. The van der Waals surface area contributed by atoms with E-state index in [1.165, 1.54) is 89.9 Å². The van der Waals surface area contributed by atoms with Gasteiger partial charge in [0.25, 0.3) is 0 Å². The molecule has 1 nitrogen and oxygen atoms in total. The summed E-state index contributed by atoms with van der Waals surface area (Å²) >= 11 is 0. The quantitative estimate of drug-likeness (QED) is 0.503. The first kappa shape index (κ1) is 17.8. The molecule has 2 rings (SSSR count). The lowest BCUT2D eigenvalue weighted by atomic mass is 9.59. The molecule has 0 radical (unpaired) electrons. The summed E-state index contributed by atoms with van der Waals surface area (Å²) in [5.41, 5.74) is 0.0540. The van der Waals surface area contributed by atoms with Crippen molar-refractivity contribution in [2.45, 2.75) is 104 Å². The van der Waals surface area contributed by atoms with Crippen LogP contribution in [0.1, 0.15) is 104 Å². The molecular weight excluding hydrogens is 266 g/mol.